The first kappa shape index (κ1) is 28.4. The summed E-state index contributed by atoms with van der Waals surface area (Å²) in [7, 11) is -0.256. The van der Waals surface area contributed by atoms with Crippen molar-refractivity contribution in [2.45, 2.75) is 0 Å². The molecule has 1 unspecified atom stereocenters. The predicted octanol–water partition coefficient (Wildman–Crippen LogP) is 9.76. The van der Waals surface area contributed by atoms with Crippen LogP contribution in [0.15, 0.2) is 152 Å². The van der Waals surface area contributed by atoms with Crippen LogP contribution in [0.25, 0.3) is 88.6 Å². The third kappa shape index (κ3) is 5.07. The van der Waals surface area contributed by atoms with Crippen LogP contribution in [0.2, 0.25) is 0 Å². The molecule has 4 aromatic heterocycles. The number of fused-ring (bicyclic) bond motifs is 6. The van der Waals surface area contributed by atoms with Gasteiger partial charge in [-0.3, -0.25) is 0 Å². The molecular weight excluding hydrogens is 607 g/mol. The van der Waals surface area contributed by atoms with Crippen LogP contribution >= 0.6 is 8.81 Å². The molecule has 0 bridgehead atoms. The fourth-order valence-corrected chi connectivity index (χ4v) is 6.76. The lowest BCUT2D eigenvalue weighted by atomic mass is 10.0. The molecule has 4 heterocycles. The van der Waals surface area contributed by atoms with Crippen LogP contribution in [0.5, 0.6) is 0 Å². The van der Waals surface area contributed by atoms with Crippen molar-refractivity contribution in [3.05, 3.63) is 152 Å². The van der Waals surface area contributed by atoms with E-state index in [1.54, 1.807) is 0 Å². The van der Waals surface area contributed by atoms with Gasteiger partial charge < -0.3 is 4.89 Å². The summed E-state index contributed by atoms with van der Waals surface area (Å²) in [4.78, 5) is 30.2. The van der Waals surface area contributed by atoms with Crippen molar-refractivity contribution in [2.75, 3.05) is 0 Å². The maximum Gasteiger partial charge on any atom is 0.0972 e. The van der Waals surface area contributed by atoms with Crippen LogP contribution in [0.3, 0.4) is 0 Å². The zero-order chi connectivity index (χ0) is 32.0. The Labute approximate surface area is 278 Å². The Balaban J connectivity index is 1.14. The van der Waals surface area contributed by atoms with Gasteiger partial charge in [0.05, 0.1) is 44.8 Å². The average molecular weight is 635 g/mol. The number of hydrogen-bond donors (Lipinski definition) is 1. The smallest absolute Gasteiger partial charge is 0.0972 e. The summed E-state index contributed by atoms with van der Waals surface area (Å²) in [6.45, 7) is 0. The van der Waals surface area contributed by atoms with Crippen molar-refractivity contribution >= 4 is 57.7 Å². The van der Waals surface area contributed by atoms with Gasteiger partial charge in [-0.1, -0.05) is 115 Å². The van der Waals surface area contributed by atoms with Gasteiger partial charge in [0.2, 0.25) is 0 Å². The summed E-state index contributed by atoms with van der Waals surface area (Å²) in [6.07, 6.45) is 0. The lowest BCUT2D eigenvalue weighted by Crippen LogP contribution is -1.95. The number of aromatic nitrogens is 4. The van der Waals surface area contributed by atoms with Crippen LogP contribution in [-0.4, -0.2) is 24.8 Å². The highest BCUT2D eigenvalue weighted by molar-refractivity contribution is 7.40. The van der Waals surface area contributed by atoms with Crippen LogP contribution in [0.1, 0.15) is 0 Å². The van der Waals surface area contributed by atoms with Crippen LogP contribution in [0.4, 0.5) is 0 Å². The second kappa shape index (κ2) is 11.7. The lowest BCUT2D eigenvalue weighted by molar-refractivity contribution is 0.655. The highest BCUT2D eigenvalue weighted by Crippen LogP contribution is 2.32. The van der Waals surface area contributed by atoms with E-state index in [0.717, 1.165) is 93.9 Å². The molecule has 9 aromatic rings. The Kier molecular flexibility index (Phi) is 6.93. The molecule has 0 saturated carbocycles. The van der Waals surface area contributed by atoms with Gasteiger partial charge in [0, 0.05) is 52.6 Å². The fraction of sp³-hybridized carbons (Fsp3) is 0. The molecule has 9 rings (SSSR count). The van der Waals surface area contributed by atoms with E-state index in [1.807, 2.05) is 48.5 Å². The first-order valence-electron chi connectivity index (χ1n) is 15.8. The van der Waals surface area contributed by atoms with Crippen molar-refractivity contribution in [3.8, 4) is 45.0 Å². The Morgan fingerprint density at radius 2 is 0.688 bits per heavy atom. The summed E-state index contributed by atoms with van der Waals surface area (Å²) in [5, 5.41) is 5.06. The molecule has 0 aliphatic carbocycles. The monoisotopic (exact) mass is 634 g/mol. The molecule has 0 radical (unpaired) electrons. The maximum atomic E-state index is 9.68. The summed E-state index contributed by atoms with van der Waals surface area (Å²) < 4.78 is 0. The fourth-order valence-electron chi connectivity index (χ4n) is 6.37. The minimum atomic E-state index is -0.256. The average Bonchev–Trinajstić information content (AvgIpc) is 3.17. The molecule has 1 N–H and O–H groups in total. The van der Waals surface area contributed by atoms with Gasteiger partial charge in [-0.25, -0.2) is 19.9 Å². The van der Waals surface area contributed by atoms with Crippen molar-refractivity contribution < 1.29 is 4.89 Å². The normalized spacial score (nSPS) is 11.8. The zero-order valence-electron chi connectivity index (χ0n) is 25.7. The number of pyridine rings is 4. The number of nitrogens with zero attached hydrogens (tertiary/aromatic N) is 4. The largest absolute Gasteiger partial charge is 0.372 e. The topological polar surface area (TPSA) is 71.8 Å². The molecule has 0 amide bonds. The Morgan fingerprint density at radius 3 is 1.12 bits per heavy atom. The molecule has 0 aliphatic heterocycles. The molecule has 0 spiro atoms. The third-order valence-corrected chi connectivity index (χ3v) is 9.42. The van der Waals surface area contributed by atoms with Gasteiger partial charge in [-0.2, -0.15) is 0 Å². The standard InChI is InChI=1S/C42H27N4OP/c47-48-34-11-5-10-33(25-34)38-23-19-30-15-14-29-18-22-37(45-41(29)42(30)46-38)32-9-4-8-31(24-32)36-21-17-28-13-12-27-16-20-35(26-6-2-1-3-7-26)43-39(27)40(28)44-36/h1-25,47-48H. The molecule has 0 fully saturated rings. The zero-order valence-corrected chi connectivity index (χ0v) is 26.7. The van der Waals surface area contributed by atoms with Gasteiger partial charge in [-0.15, -0.1) is 0 Å². The van der Waals surface area contributed by atoms with E-state index in [1.165, 1.54) is 0 Å². The summed E-state index contributed by atoms with van der Waals surface area (Å²) in [6, 6.07) is 51.7. The van der Waals surface area contributed by atoms with Gasteiger partial charge in [0.25, 0.3) is 0 Å². The highest BCUT2D eigenvalue weighted by Gasteiger charge is 2.12. The van der Waals surface area contributed by atoms with Crippen molar-refractivity contribution in [2.24, 2.45) is 0 Å². The minimum absolute atomic E-state index is 0.256. The van der Waals surface area contributed by atoms with Gasteiger partial charge in [0.1, 0.15) is 0 Å². The van der Waals surface area contributed by atoms with Crippen LogP contribution in [-0.2, 0) is 0 Å². The predicted molar refractivity (Wildman–Crippen MR) is 200 cm³/mol. The number of hydrogen-bond acceptors (Lipinski definition) is 5. The van der Waals surface area contributed by atoms with E-state index in [-0.39, 0.29) is 8.81 Å². The first-order valence-corrected chi connectivity index (χ1v) is 16.7. The molecule has 5 aromatic carbocycles. The van der Waals surface area contributed by atoms with E-state index in [4.69, 9.17) is 19.9 Å². The maximum absolute atomic E-state index is 9.68. The van der Waals surface area contributed by atoms with E-state index in [9.17, 15) is 4.89 Å². The van der Waals surface area contributed by atoms with E-state index < -0.39 is 0 Å². The van der Waals surface area contributed by atoms with Crippen molar-refractivity contribution in [1.29, 1.82) is 0 Å². The molecule has 5 nitrogen and oxygen atoms in total. The van der Waals surface area contributed by atoms with Crippen molar-refractivity contribution in [3.63, 3.8) is 0 Å². The minimum Gasteiger partial charge on any atom is -0.372 e. The molecular formula is C42H27N4OP. The number of benzene rings is 5. The summed E-state index contributed by atoms with van der Waals surface area (Å²) in [5.74, 6) is 0. The van der Waals surface area contributed by atoms with E-state index >= 15 is 0 Å². The lowest BCUT2D eigenvalue weighted by Gasteiger charge is -2.10. The Morgan fingerprint density at radius 1 is 0.333 bits per heavy atom. The first-order chi connectivity index (χ1) is 23.7. The summed E-state index contributed by atoms with van der Waals surface area (Å²) in [5.41, 5.74) is 11.1. The summed E-state index contributed by atoms with van der Waals surface area (Å²) >= 11 is 0. The second-order valence-electron chi connectivity index (χ2n) is 11.8. The molecule has 226 valence electrons. The molecule has 0 aliphatic rings. The number of rotatable bonds is 5. The Bertz CT molecular complexity index is 2680. The molecule has 6 heteroatoms. The van der Waals surface area contributed by atoms with Gasteiger partial charge in [-0.05, 0) is 41.7 Å². The molecule has 0 saturated heterocycles. The van der Waals surface area contributed by atoms with Crippen molar-refractivity contribution in [1.82, 2.24) is 19.9 Å². The van der Waals surface area contributed by atoms with Crippen LogP contribution in [0, 0.1) is 0 Å². The van der Waals surface area contributed by atoms with E-state index in [2.05, 4.69) is 103 Å². The third-order valence-electron chi connectivity index (χ3n) is 8.85. The molecule has 1 atom stereocenters. The molecule has 48 heavy (non-hydrogen) atoms. The van der Waals surface area contributed by atoms with Gasteiger partial charge >= 0.3 is 0 Å². The van der Waals surface area contributed by atoms with Gasteiger partial charge in [0.15, 0.2) is 0 Å². The SMILES string of the molecule is OPc1cccc(-c2ccc3ccc4ccc(-c5cccc(-c6ccc7ccc8ccc(-c9ccccc9)nc8c7n6)c5)nc4c3n2)c1. The quantitative estimate of drug-likeness (QED) is 0.151. The highest BCUT2D eigenvalue weighted by atomic mass is 31.1. The Hall–Kier alpha value is -5.87. The van der Waals surface area contributed by atoms with E-state index in [0.29, 0.717) is 0 Å². The second-order valence-corrected chi connectivity index (χ2v) is 12.6. The van der Waals surface area contributed by atoms with Crippen LogP contribution < -0.4 is 5.30 Å².